The van der Waals surface area contributed by atoms with Crippen molar-refractivity contribution in [3.8, 4) is 0 Å². The summed E-state index contributed by atoms with van der Waals surface area (Å²) in [5.41, 5.74) is 3.98. The Labute approximate surface area is 129 Å². The second-order valence-corrected chi connectivity index (χ2v) is 4.25. The zero-order valence-corrected chi connectivity index (χ0v) is 13.3. The third-order valence-corrected chi connectivity index (χ3v) is 2.70. The zero-order valence-electron chi connectivity index (χ0n) is 13.3. The summed E-state index contributed by atoms with van der Waals surface area (Å²) in [5.74, 6) is 0. The Hall–Kier alpha value is -2.41. The standard InChI is InChI=1S/C20H25N/c1-7-11-16-21-18(6)19(10-4)15-14-17(5)20(12-8-2)13-9-3/h7-16H,1-2,5H2,3-4,6H3/b13-9-,15-14-,16-11-,19-10?,20-12+,21-18+. The first-order chi connectivity index (χ1) is 10.1. The number of nitrogens with zero attached hydrogens (tertiary/aromatic N) is 1. The Balaban J connectivity index is 5.14. The molecule has 0 bridgehead atoms. The van der Waals surface area contributed by atoms with Crippen LogP contribution in [0.4, 0.5) is 0 Å². The molecule has 0 spiro atoms. The van der Waals surface area contributed by atoms with E-state index in [1.165, 1.54) is 0 Å². The molecule has 0 aliphatic rings. The lowest BCUT2D eigenvalue weighted by Crippen LogP contribution is -1.93. The molecule has 1 nitrogen and oxygen atoms in total. The third-order valence-electron chi connectivity index (χ3n) is 2.70. The smallest absolute Gasteiger partial charge is 0.0441 e. The van der Waals surface area contributed by atoms with Gasteiger partial charge < -0.3 is 0 Å². The molecular formula is C20H25N. The van der Waals surface area contributed by atoms with Crippen molar-refractivity contribution in [2.45, 2.75) is 20.8 Å². The van der Waals surface area contributed by atoms with Crippen LogP contribution in [0.15, 0.2) is 102 Å². The summed E-state index contributed by atoms with van der Waals surface area (Å²) >= 11 is 0. The predicted molar refractivity (Wildman–Crippen MR) is 97.6 cm³/mol. The van der Waals surface area contributed by atoms with Gasteiger partial charge in [-0.15, -0.1) is 0 Å². The van der Waals surface area contributed by atoms with Crippen LogP contribution >= 0.6 is 0 Å². The summed E-state index contributed by atoms with van der Waals surface area (Å²) in [5, 5.41) is 0. The van der Waals surface area contributed by atoms with Gasteiger partial charge in [-0.3, -0.25) is 4.99 Å². The van der Waals surface area contributed by atoms with Crippen molar-refractivity contribution in [3.63, 3.8) is 0 Å². The molecule has 0 unspecified atom stereocenters. The van der Waals surface area contributed by atoms with Crippen molar-refractivity contribution in [1.82, 2.24) is 0 Å². The first-order valence-electron chi connectivity index (χ1n) is 6.92. The molecule has 0 saturated carbocycles. The fourth-order valence-corrected chi connectivity index (χ4v) is 1.58. The molecule has 0 aliphatic carbocycles. The van der Waals surface area contributed by atoms with Gasteiger partial charge in [-0.25, -0.2) is 0 Å². The summed E-state index contributed by atoms with van der Waals surface area (Å²) in [6, 6.07) is 0. The summed E-state index contributed by atoms with van der Waals surface area (Å²) in [6.45, 7) is 17.4. The Morgan fingerprint density at radius 1 is 0.952 bits per heavy atom. The van der Waals surface area contributed by atoms with Crippen LogP contribution in [0.1, 0.15) is 20.8 Å². The largest absolute Gasteiger partial charge is 0.261 e. The lowest BCUT2D eigenvalue weighted by atomic mass is 10.0. The van der Waals surface area contributed by atoms with Gasteiger partial charge in [0.15, 0.2) is 0 Å². The van der Waals surface area contributed by atoms with Crippen molar-refractivity contribution in [2.24, 2.45) is 4.99 Å². The van der Waals surface area contributed by atoms with Crippen LogP contribution in [-0.2, 0) is 0 Å². The van der Waals surface area contributed by atoms with Crippen LogP contribution in [-0.4, -0.2) is 5.71 Å². The average Bonchev–Trinajstić information content (AvgIpc) is 2.47. The zero-order chi connectivity index (χ0) is 16.1. The van der Waals surface area contributed by atoms with Gasteiger partial charge >= 0.3 is 0 Å². The number of hydrogen-bond donors (Lipinski definition) is 0. The molecule has 0 aliphatic heterocycles. The van der Waals surface area contributed by atoms with E-state index in [-0.39, 0.29) is 0 Å². The fourth-order valence-electron chi connectivity index (χ4n) is 1.58. The van der Waals surface area contributed by atoms with E-state index in [1.807, 2.05) is 57.2 Å². The van der Waals surface area contributed by atoms with Crippen LogP contribution in [0.5, 0.6) is 0 Å². The lowest BCUT2D eigenvalue weighted by Gasteiger charge is -2.03. The molecule has 0 amide bonds. The molecule has 0 saturated heterocycles. The number of allylic oxidation sites excluding steroid dienone is 12. The van der Waals surface area contributed by atoms with E-state index in [0.717, 1.165) is 22.4 Å². The van der Waals surface area contributed by atoms with Gasteiger partial charge in [-0.05, 0) is 43.6 Å². The van der Waals surface area contributed by atoms with Crippen molar-refractivity contribution < 1.29 is 0 Å². The molecule has 110 valence electrons. The second-order valence-electron chi connectivity index (χ2n) is 4.25. The summed E-state index contributed by atoms with van der Waals surface area (Å²) in [6.07, 6.45) is 19.0. The number of rotatable bonds is 8. The average molecular weight is 279 g/mol. The predicted octanol–water partition coefficient (Wildman–Crippen LogP) is 5.89. The SMILES string of the molecule is C=C/C=C\N=C(/C)C(=CC)/C=C\C(=C)C(/C=C\C)=C/C=C. The minimum Gasteiger partial charge on any atom is -0.261 e. The molecule has 0 heterocycles. The summed E-state index contributed by atoms with van der Waals surface area (Å²) in [4.78, 5) is 4.35. The van der Waals surface area contributed by atoms with E-state index in [2.05, 4.69) is 24.7 Å². The van der Waals surface area contributed by atoms with E-state index >= 15 is 0 Å². The molecule has 0 aromatic carbocycles. The highest BCUT2D eigenvalue weighted by atomic mass is 14.7. The Morgan fingerprint density at radius 2 is 1.67 bits per heavy atom. The van der Waals surface area contributed by atoms with Gasteiger partial charge in [-0.2, -0.15) is 0 Å². The first-order valence-corrected chi connectivity index (χ1v) is 6.92. The molecule has 0 aromatic rings. The maximum Gasteiger partial charge on any atom is 0.0441 e. The van der Waals surface area contributed by atoms with Crippen LogP contribution in [0.2, 0.25) is 0 Å². The van der Waals surface area contributed by atoms with Gasteiger partial charge in [0.25, 0.3) is 0 Å². The van der Waals surface area contributed by atoms with Crippen LogP contribution in [0, 0.1) is 0 Å². The monoisotopic (exact) mass is 279 g/mol. The third kappa shape index (κ3) is 7.68. The lowest BCUT2D eigenvalue weighted by molar-refractivity contribution is 1.48. The molecule has 0 N–H and O–H groups in total. The van der Waals surface area contributed by atoms with E-state index in [1.54, 1.807) is 24.4 Å². The maximum atomic E-state index is 4.35. The highest BCUT2D eigenvalue weighted by Gasteiger charge is 1.97. The van der Waals surface area contributed by atoms with Gasteiger partial charge in [0.1, 0.15) is 0 Å². The summed E-state index contributed by atoms with van der Waals surface area (Å²) < 4.78 is 0. The summed E-state index contributed by atoms with van der Waals surface area (Å²) in [7, 11) is 0. The molecule has 0 aromatic heterocycles. The molecule has 1 heteroatoms. The van der Waals surface area contributed by atoms with Gasteiger partial charge in [-0.1, -0.05) is 68.3 Å². The Morgan fingerprint density at radius 3 is 2.19 bits per heavy atom. The number of hydrogen-bond acceptors (Lipinski definition) is 1. The van der Waals surface area contributed by atoms with Crippen molar-refractivity contribution in [2.75, 3.05) is 0 Å². The Kier molecular flexibility index (Phi) is 10.1. The quantitative estimate of drug-likeness (QED) is 0.388. The van der Waals surface area contributed by atoms with E-state index in [4.69, 9.17) is 0 Å². The van der Waals surface area contributed by atoms with Crippen LogP contribution < -0.4 is 0 Å². The molecular weight excluding hydrogens is 254 g/mol. The van der Waals surface area contributed by atoms with E-state index in [9.17, 15) is 0 Å². The highest BCUT2D eigenvalue weighted by molar-refractivity contribution is 6.01. The van der Waals surface area contributed by atoms with Gasteiger partial charge in [0.05, 0.1) is 0 Å². The highest BCUT2D eigenvalue weighted by Crippen LogP contribution is 2.13. The molecule has 21 heavy (non-hydrogen) atoms. The number of aliphatic imine (C=N–C) groups is 1. The van der Waals surface area contributed by atoms with Crippen molar-refractivity contribution >= 4 is 5.71 Å². The minimum atomic E-state index is 0.932. The van der Waals surface area contributed by atoms with Crippen molar-refractivity contribution in [3.05, 3.63) is 97.3 Å². The van der Waals surface area contributed by atoms with Gasteiger partial charge in [0.2, 0.25) is 0 Å². The minimum absolute atomic E-state index is 0.932. The maximum absolute atomic E-state index is 4.35. The van der Waals surface area contributed by atoms with E-state index < -0.39 is 0 Å². The topological polar surface area (TPSA) is 12.4 Å². The molecule has 0 atom stereocenters. The molecule has 0 radical (unpaired) electrons. The van der Waals surface area contributed by atoms with Crippen molar-refractivity contribution in [1.29, 1.82) is 0 Å². The van der Waals surface area contributed by atoms with E-state index in [0.29, 0.717) is 0 Å². The second kappa shape index (κ2) is 11.4. The normalized spacial score (nSPS) is 14.3. The van der Waals surface area contributed by atoms with Crippen LogP contribution in [0.3, 0.4) is 0 Å². The molecule has 0 rings (SSSR count). The molecule has 0 fully saturated rings. The first kappa shape index (κ1) is 18.6. The van der Waals surface area contributed by atoms with Crippen LogP contribution in [0.25, 0.3) is 0 Å². The van der Waals surface area contributed by atoms with Gasteiger partial charge in [0, 0.05) is 11.9 Å². The fraction of sp³-hybridized carbons (Fsp3) is 0.150. The Bertz CT molecular complexity index is 546.